The van der Waals surface area contributed by atoms with Crippen LogP contribution in [-0.2, 0) is 0 Å². The molecule has 102 valence electrons. The van der Waals surface area contributed by atoms with Crippen LogP contribution in [0.2, 0.25) is 5.28 Å². The maximum atomic E-state index is 5.93. The van der Waals surface area contributed by atoms with E-state index in [0.29, 0.717) is 11.9 Å². The van der Waals surface area contributed by atoms with E-state index < -0.39 is 0 Å². The molecule has 1 saturated carbocycles. The summed E-state index contributed by atoms with van der Waals surface area (Å²) in [4.78, 5) is 8.60. The number of hydrogen-bond donors (Lipinski definition) is 1. The Labute approximate surface area is 120 Å². The fraction of sp³-hybridized carbons (Fsp3) is 0.308. The van der Waals surface area contributed by atoms with Crippen LogP contribution < -0.4 is 5.32 Å². The molecule has 0 unspecified atom stereocenters. The highest BCUT2D eigenvalue weighted by atomic mass is 35.5. The summed E-state index contributed by atoms with van der Waals surface area (Å²) in [6.45, 7) is 0. The number of hydrogen-bond acceptors (Lipinski definition) is 4. The highest BCUT2D eigenvalue weighted by molar-refractivity contribution is 6.28. The van der Waals surface area contributed by atoms with Gasteiger partial charge in [-0.3, -0.25) is 0 Å². The van der Waals surface area contributed by atoms with Gasteiger partial charge in [0.15, 0.2) is 5.82 Å². The molecule has 1 aliphatic rings. The van der Waals surface area contributed by atoms with Gasteiger partial charge in [0.1, 0.15) is 11.3 Å². The van der Waals surface area contributed by atoms with Crippen molar-refractivity contribution in [3.63, 3.8) is 0 Å². The molecule has 0 radical (unpaired) electrons. The predicted octanol–water partition coefficient (Wildman–Crippen LogP) is 3.05. The molecule has 3 aromatic heterocycles. The van der Waals surface area contributed by atoms with Gasteiger partial charge in [-0.2, -0.15) is 4.98 Å². The van der Waals surface area contributed by atoms with E-state index in [1.807, 2.05) is 30.9 Å². The summed E-state index contributed by atoms with van der Waals surface area (Å²) < 4.78 is 3.85. The Morgan fingerprint density at radius 2 is 2.25 bits per heavy atom. The molecule has 20 heavy (non-hydrogen) atoms. The molecule has 3 aromatic rings. The van der Waals surface area contributed by atoms with Crippen molar-refractivity contribution >= 4 is 28.8 Å². The van der Waals surface area contributed by atoms with E-state index in [1.165, 1.54) is 19.3 Å². The molecule has 0 amide bonds. The summed E-state index contributed by atoms with van der Waals surface area (Å²) in [5, 5.41) is 7.51. The van der Waals surface area contributed by atoms with Gasteiger partial charge in [0.2, 0.25) is 5.28 Å². The predicted molar refractivity (Wildman–Crippen MR) is 76.4 cm³/mol. The lowest BCUT2D eigenvalue weighted by Crippen LogP contribution is -2.15. The number of halogens is 1. The van der Waals surface area contributed by atoms with Crippen LogP contribution in [0.5, 0.6) is 0 Å². The van der Waals surface area contributed by atoms with E-state index in [1.54, 1.807) is 4.52 Å². The summed E-state index contributed by atoms with van der Waals surface area (Å²) in [6.07, 6.45) is 9.48. The van der Waals surface area contributed by atoms with E-state index in [9.17, 15) is 0 Å². The van der Waals surface area contributed by atoms with Gasteiger partial charge in [-0.1, -0.05) is 0 Å². The minimum Gasteiger partial charge on any atom is -0.332 e. The molecular formula is C13H13ClN6. The average Bonchev–Trinajstić information content (AvgIpc) is 2.96. The number of anilines is 2. The third-order valence-corrected chi connectivity index (χ3v) is 3.87. The zero-order chi connectivity index (χ0) is 13.5. The van der Waals surface area contributed by atoms with Gasteiger partial charge in [-0.15, -0.1) is 5.10 Å². The summed E-state index contributed by atoms with van der Waals surface area (Å²) in [7, 11) is 0. The van der Waals surface area contributed by atoms with Crippen LogP contribution in [0.3, 0.4) is 0 Å². The number of rotatable bonds is 3. The molecule has 1 fully saturated rings. The first-order chi connectivity index (χ1) is 9.79. The van der Waals surface area contributed by atoms with Gasteiger partial charge in [0.25, 0.3) is 0 Å². The maximum absolute atomic E-state index is 5.93. The normalized spacial score (nSPS) is 15.4. The molecule has 0 aromatic carbocycles. The van der Waals surface area contributed by atoms with Crippen LogP contribution >= 0.6 is 11.6 Å². The van der Waals surface area contributed by atoms with Crippen LogP contribution in [0.1, 0.15) is 25.3 Å². The fourth-order valence-corrected chi connectivity index (χ4v) is 2.57. The second kappa shape index (κ2) is 4.49. The van der Waals surface area contributed by atoms with Crippen molar-refractivity contribution in [1.29, 1.82) is 0 Å². The number of imidazole rings is 1. The van der Waals surface area contributed by atoms with Crippen molar-refractivity contribution in [1.82, 2.24) is 24.1 Å². The molecule has 4 rings (SSSR count). The van der Waals surface area contributed by atoms with Gasteiger partial charge in [0, 0.05) is 18.4 Å². The Balaban J connectivity index is 1.66. The SMILES string of the molecule is Clc1nc(Nc2cn(C3CCC3)cn2)c2cccn2n1. The lowest BCUT2D eigenvalue weighted by atomic mass is 9.93. The van der Waals surface area contributed by atoms with Crippen molar-refractivity contribution in [2.45, 2.75) is 25.3 Å². The quantitative estimate of drug-likeness (QED) is 0.805. The second-order valence-electron chi connectivity index (χ2n) is 4.98. The first-order valence-electron chi connectivity index (χ1n) is 6.61. The first kappa shape index (κ1) is 11.7. The summed E-state index contributed by atoms with van der Waals surface area (Å²) in [6, 6.07) is 4.43. The number of nitrogens with one attached hydrogen (secondary N) is 1. The van der Waals surface area contributed by atoms with Crippen LogP contribution in [0.25, 0.3) is 5.52 Å². The van der Waals surface area contributed by atoms with E-state index in [-0.39, 0.29) is 5.28 Å². The smallest absolute Gasteiger partial charge is 0.243 e. The molecule has 1 N–H and O–H groups in total. The number of nitrogens with zero attached hydrogens (tertiary/aromatic N) is 5. The summed E-state index contributed by atoms with van der Waals surface area (Å²) in [5.74, 6) is 1.43. The Morgan fingerprint density at radius 1 is 1.35 bits per heavy atom. The fourth-order valence-electron chi connectivity index (χ4n) is 2.41. The van der Waals surface area contributed by atoms with Crippen LogP contribution in [0, 0.1) is 0 Å². The monoisotopic (exact) mass is 288 g/mol. The molecule has 0 atom stereocenters. The molecule has 1 aliphatic carbocycles. The van der Waals surface area contributed by atoms with Crippen LogP contribution in [-0.4, -0.2) is 24.1 Å². The largest absolute Gasteiger partial charge is 0.332 e. The van der Waals surface area contributed by atoms with E-state index >= 15 is 0 Å². The minimum atomic E-state index is 0.203. The molecular weight excluding hydrogens is 276 g/mol. The van der Waals surface area contributed by atoms with E-state index in [0.717, 1.165) is 11.3 Å². The third kappa shape index (κ3) is 1.92. The Kier molecular flexibility index (Phi) is 2.63. The second-order valence-corrected chi connectivity index (χ2v) is 5.32. The van der Waals surface area contributed by atoms with Crippen LogP contribution in [0.15, 0.2) is 30.9 Å². The topological polar surface area (TPSA) is 60.0 Å². The highest BCUT2D eigenvalue weighted by Gasteiger charge is 2.19. The first-order valence-corrected chi connectivity index (χ1v) is 6.99. The molecule has 0 bridgehead atoms. The summed E-state index contributed by atoms with van der Waals surface area (Å²) in [5.41, 5.74) is 0.868. The third-order valence-electron chi connectivity index (χ3n) is 3.71. The number of fused-ring (bicyclic) bond motifs is 1. The Morgan fingerprint density at radius 3 is 3.05 bits per heavy atom. The minimum absolute atomic E-state index is 0.203. The molecule has 6 nitrogen and oxygen atoms in total. The van der Waals surface area contributed by atoms with Gasteiger partial charge >= 0.3 is 0 Å². The van der Waals surface area contributed by atoms with Crippen molar-refractivity contribution in [3.05, 3.63) is 36.1 Å². The van der Waals surface area contributed by atoms with Gasteiger partial charge in [-0.05, 0) is 43.0 Å². The lowest BCUT2D eigenvalue weighted by molar-refractivity contribution is 0.313. The average molecular weight is 289 g/mol. The van der Waals surface area contributed by atoms with Crippen molar-refractivity contribution in [2.24, 2.45) is 0 Å². The summed E-state index contributed by atoms with van der Waals surface area (Å²) >= 11 is 5.93. The molecule has 0 aliphatic heterocycles. The van der Waals surface area contributed by atoms with Gasteiger partial charge in [-0.25, -0.2) is 9.50 Å². The number of aromatic nitrogens is 5. The van der Waals surface area contributed by atoms with Gasteiger partial charge < -0.3 is 9.88 Å². The molecule has 0 spiro atoms. The molecule has 0 saturated heterocycles. The van der Waals surface area contributed by atoms with Crippen molar-refractivity contribution in [2.75, 3.05) is 5.32 Å². The van der Waals surface area contributed by atoms with E-state index in [2.05, 4.69) is 25.0 Å². The Hall–Kier alpha value is -2.08. The van der Waals surface area contributed by atoms with Gasteiger partial charge in [0.05, 0.1) is 6.33 Å². The van der Waals surface area contributed by atoms with E-state index in [4.69, 9.17) is 11.6 Å². The Bertz CT molecular complexity index is 757. The lowest BCUT2D eigenvalue weighted by Gasteiger charge is -2.26. The van der Waals surface area contributed by atoms with Crippen LogP contribution in [0.4, 0.5) is 11.6 Å². The highest BCUT2D eigenvalue weighted by Crippen LogP contribution is 2.32. The van der Waals surface area contributed by atoms with Crippen molar-refractivity contribution < 1.29 is 0 Å². The molecule has 7 heteroatoms. The maximum Gasteiger partial charge on any atom is 0.243 e. The van der Waals surface area contributed by atoms with Crippen molar-refractivity contribution in [3.8, 4) is 0 Å². The zero-order valence-corrected chi connectivity index (χ0v) is 11.5. The standard InChI is InChI=1S/C13H13ClN6/c14-13-17-12(10-5-2-6-20(10)18-13)16-11-7-19(8-15-11)9-3-1-4-9/h2,5-9H,1,3-4H2,(H,16,17,18). The zero-order valence-electron chi connectivity index (χ0n) is 10.7. The molecule has 3 heterocycles.